The Hall–Kier alpha value is -0.830. The second kappa shape index (κ2) is 7.11. The molecule has 0 bridgehead atoms. The van der Waals surface area contributed by atoms with Crippen molar-refractivity contribution in [2.45, 2.75) is 112 Å². The van der Waals surface area contributed by atoms with Crippen molar-refractivity contribution in [3.8, 4) is 0 Å². The summed E-state index contributed by atoms with van der Waals surface area (Å²) >= 11 is 0. The Morgan fingerprint density at radius 2 is 1.52 bits per heavy atom. The fraction of sp³-hybridized carbons (Fsp3) is 0.900. The summed E-state index contributed by atoms with van der Waals surface area (Å²) in [6, 6.07) is 0. The van der Waals surface area contributed by atoms with E-state index < -0.39 is 11.4 Å². The first kappa shape index (κ1) is 23.9. The number of hydrogen-bond donors (Lipinski definition) is 2. The molecule has 5 aliphatic carbocycles. The summed E-state index contributed by atoms with van der Waals surface area (Å²) in [6.45, 7) is 18.8. The predicted octanol–water partition coefficient (Wildman–Crippen LogP) is 7.09. The summed E-state index contributed by atoms with van der Waals surface area (Å²) < 4.78 is 0. The molecule has 5 saturated carbocycles. The SMILES string of the molecule is C=C(C)[C@@H]1CC[C@]2(C(=O)O)CC[C@]3(C)[C@@H](CC[C@@H]4[C@@]5(C)CC[C@H](O)C(C)(C)[C@@H]5CC[C@]43C)[C@@H]12. The monoisotopic (exact) mass is 456 g/mol. The highest BCUT2D eigenvalue weighted by Gasteiger charge is 2.71. The molecule has 0 aromatic heterocycles. The average molecular weight is 457 g/mol. The van der Waals surface area contributed by atoms with Gasteiger partial charge in [0.05, 0.1) is 11.5 Å². The molecule has 0 heterocycles. The van der Waals surface area contributed by atoms with Gasteiger partial charge in [0.25, 0.3) is 0 Å². The Labute approximate surface area is 201 Å². The molecule has 0 spiro atoms. The Morgan fingerprint density at radius 1 is 0.818 bits per heavy atom. The molecule has 0 radical (unpaired) electrons. The summed E-state index contributed by atoms with van der Waals surface area (Å²) in [6.07, 6.45) is 10.5. The van der Waals surface area contributed by atoms with E-state index in [1.165, 1.54) is 31.3 Å². The largest absolute Gasteiger partial charge is 0.481 e. The van der Waals surface area contributed by atoms with E-state index in [0.717, 1.165) is 38.5 Å². The van der Waals surface area contributed by atoms with E-state index in [0.29, 0.717) is 23.7 Å². The molecule has 5 rings (SSSR count). The maximum absolute atomic E-state index is 12.8. The first-order chi connectivity index (χ1) is 15.3. The lowest BCUT2D eigenvalue weighted by Gasteiger charge is -2.72. The lowest BCUT2D eigenvalue weighted by molar-refractivity contribution is -0.248. The van der Waals surface area contributed by atoms with Crippen LogP contribution in [0.15, 0.2) is 12.2 Å². The first-order valence-electron chi connectivity index (χ1n) is 13.8. The number of aliphatic hydroxyl groups excluding tert-OH is 1. The highest BCUT2D eigenvalue weighted by molar-refractivity contribution is 5.76. The Balaban J connectivity index is 1.57. The van der Waals surface area contributed by atoms with Crippen LogP contribution in [0.3, 0.4) is 0 Å². The van der Waals surface area contributed by atoms with E-state index in [1.54, 1.807) is 0 Å². The quantitative estimate of drug-likeness (QED) is 0.436. The van der Waals surface area contributed by atoms with Crippen LogP contribution < -0.4 is 0 Å². The lowest BCUT2D eigenvalue weighted by Crippen LogP contribution is -2.67. The molecule has 186 valence electrons. The van der Waals surface area contributed by atoms with Crippen LogP contribution in [0.25, 0.3) is 0 Å². The molecule has 0 aromatic carbocycles. The van der Waals surface area contributed by atoms with Crippen LogP contribution in [-0.2, 0) is 4.79 Å². The third-order valence-electron chi connectivity index (χ3n) is 13.5. The van der Waals surface area contributed by atoms with Crippen LogP contribution in [0.5, 0.6) is 0 Å². The van der Waals surface area contributed by atoms with Crippen molar-refractivity contribution in [2.24, 2.45) is 56.7 Å². The fourth-order valence-corrected chi connectivity index (χ4v) is 11.5. The maximum atomic E-state index is 12.8. The molecule has 0 aliphatic heterocycles. The fourth-order valence-electron chi connectivity index (χ4n) is 11.5. The van der Waals surface area contributed by atoms with Gasteiger partial charge in [-0.3, -0.25) is 4.79 Å². The minimum Gasteiger partial charge on any atom is -0.481 e. The zero-order chi connectivity index (χ0) is 24.2. The summed E-state index contributed by atoms with van der Waals surface area (Å²) in [5.41, 5.74) is 1.35. The molecule has 0 saturated heterocycles. The number of carbonyl (C=O) groups is 1. The molecule has 0 unspecified atom stereocenters. The van der Waals surface area contributed by atoms with Crippen LogP contribution in [0.4, 0.5) is 0 Å². The number of fused-ring (bicyclic) bond motifs is 7. The number of hydrogen-bond acceptors (Lipinski definition) is 2. The van der Waals surface area contributed by atoms with Crippen molar-refractivity contribution in [3.05, 3.63) is 12.2 Å². The number of carboxylic acid groups (broad SMARTS) is 1. The third-order valence-corrected chi connectivity index (χ3v) is 13.5. The van der Waals surface area contributed by atoms with Gasteiger partial charge in [-0.2, -0.15) is 0 Å². The topological polar surface area (TPSA) is 57.5 Å². The molecule has 5 fully saturated rings. The van der Waals surface area contributed by atoms with Crippen molar-refractivity contribution < 1.29 is 15.0 Å². The minimum absolute atomic E-state index is 0.0202. The zero-order valence-electron chi connectivity index (χ0n) is 22.0. The van der Waals surface area contributed by atoms with E-state index in [-0.39, 0.29) is 33.7 Å². The molecule has 3 nitrogen and oxygen atoms in total. The van der Waals surface area contributed by atoms with E-state index in [9.17, 15) is 15.0 Å². The van der Waals surface area contributed by atoms with E-state index >= 15 is 0 Å². The molecule has 3 heteroatoms. The summed E-state index contributed by atoms with van der Waals surface area (Å²) in [4.78, 5) is 12.8. The Kier molecular flexibility index (Phi) is 5.15. The van der Waals surface area contributed by atoms with Crippen molar-refractivity contribution in [1.29, 1.82) is 0 Å². The van der Waals surface area contributed by atoms with Crippen molar-refractivity contribution in [1.82, 2.24) is 0 Å². The number of aliphatic hydroxyl groups is 1. The second-order valence-corrected chi connectivity index (χ2v) is 14.5. The van der Waals surface area contributed by atoms with Gasteiger partial charge in [-0.1, -0.05) is 46.8 Å². The van der Waals surface area contributed by atoms with Crippen LogP contribution in [0.1, 0.15) is 106 Å². The second-order valence-electron chi connectivity index (χ2n) is 14.5. The van der Waals surface area contributed by atoms with Crippen LogP contribution in [-0.4, -0.2) is 22.3 Å². The van der Waals surface area contributed by atoms with Crippen LogP contribution in [0, 0.1) is 56.7 Å². The van der Waals surface area contributed by atoms with Crippen molar-refractivity contribution in [2.75, 3.05) is 0 Å². The maximum Gasteiger partial charge on any atom is 0.309 e. The smallest absolute Gasteiger partial charge is 0.309 e. The Morgan fingerprint density at radius 3 is 2.15 bits per heavy atom. The number of carboxylic acids is 1. The summed E-state index contributed by atoms with van der Waals surface area (Å²) in [5, 5.41) is 21.4. The number of allylic oxidation sites excluding steroid dienone is 1. The highest BCUT2D eigenvalue weighted by Crippen LogP contribution is 2.77. The van der Waals surface area contributed by atoms with Gasteiger partial charge in [0.1, 0.15) is 0 Å². The number of rotatable bonds is 2. The predicted molar refractivity (Wildman–Crippen MR) is 133 cm³/mol. The normalized spacial score (nSPS) is 55.0. The van der Waals surface area contributed by atoms with Gasteiger partial charge >= 0.3 is 5.97 Å². The lowest BCUT2D eigenvalue weighted by atomic mass is 9.32. The van der Waals surface area contributed by atoms with E-state index in [2.05, 4.69) is 48.1 Å². The highest BCUT2D eigenvalue weighted by atomic mass is 16.4. The molecule has 2 N–H and O–H groups in total. The zero-order valence-corrected chi connectivity index (χ0v) is 22.0. The molecular weight excluding hydrogens is 408 g/mol. The molecule has 0 amide bonds. The summed E-state index contributed by atoms with van der Waals surface area (Å²) in [5.74, 6) is 1.79. The van der Waals surface area contributed by atoms with Crippen LogP contribution >= 0.6 is 0 Å². The van der Waals surface area contributed by atoms with Gasteiger partial charge in [0, 0.05) is 0 Å². The van der Waals surface area contributed by atoms with Gasteiger partial charge in [0.15, 0.2) is 0 Å². The molecule has 5 aliphatic rings. The molecular formula is C30H48O3. The average Bonchev–Trinajstić information content (AvgIpc) is 3.13. The van der Waals surface area contributed by atoms with Gasteiger partial charge in [0.2, 0.25) is 0 Å². The van der Waals surface area contributed by atoms with Gasteiger partial charge in [-0.25, -0.2) is 0 Å². The summed E-state index contributed by atoms with van der Waals surface area (Å²) in [7, 11) is 0. The third kappa shape index (κ3) is 2.75. The van der Waals surface area contributed by atoms with Crippen molar-refractivity contribution in [3.63, 3.8) is 0 Å². The molecule has 0 aromatic rings. The first-order valence-corrected chi connectivity index (χ1v) is 13.8. The van der Waals surface area contributed by atoms with E-state index in [4.69, 9.17) is 0 Å². The minimum atomic E-state index is -0.538. The standard InChI is InChI=1S/C30H48O3/c1-18(2)19-10-15-30(25(32)33)17-16-28(6)20(24(19)30)8-9-22-27(5)13-12-23(31)26(3,4)21(27)11-14-29(22,28)7/h19-24,31H,1,8-17H2,2-7H3,(H,32,33)/t19-,20-,21-,22+,23-,24+,27-,28+,29+,30-/m0/s1. The van der Waals surface area contributed by atoms with Crippen LogP contribution in [0.2, 0.25) is 0 Å². The van der Waals surface area contributed by atoms with Crippen molar-refractivity contribution >= 4 is 5.97 Å². The van der Waals surface area contributed by atoms with Gasteiger partial charge < -0.3 is 10.2 Å². The molecule has 10 atom stereocenters. The van der Waals surface area contributed by atoms with Gasteiger partial charge in [-0.05, 0) is 122 Å². The molecule has 33 heavy (non-hydrogen) atoms. The van der Waals surface area contributed by atoms with Gasteiger partial charge in [-0.15, -0.1) is 0 Å². The number of aliphatic carboxylic acids is 1. The van der Waals surface area contributed by atoms with E-state index in [1.807, 2.05) is 0 Å². The Bertz CT molecular complexity index is 861.